The van der Waals surface area contributed by atoms with Gasteiger partial charge >= 0.3 is 0 Å². The van der Waals surface area contributed by atoms with Gasteiger partial charge in [-0.05, 0) is 29.7 Å². The van der Waals surface area contributed by atoms with Crippen LogP contribution in [0.2, 0.25) is 0 Å². The van der Waals surface area contributed by atoms with Gasteiger partial charge in [0.15, 0.2) is 5.78 Å². The van der Waals surface area contributed by atoms with Crippen LogP contribution in [0.1, 0.15) is 38.1 Å². The summed E-state index contributed by atoms with van der Waals surface area (Å²) in [6, 6.07) is 9.67. The topological polar surface area (TPSA) is 32.8 Å². The fourth-order valence-electron chi connectivity index (χ4n) is 6.23. The fourth-order valence-corrected chi connectivity index (χ4v) is 6.23. The molecule has 4 heteroatoms. The van der Waals surface area contributed by atoms with E-state index in [0.717, 1.165) is 24.6 Å². The molecule has 27 heavy (non-hydrogen) atoms. The van der Waals surface area contributed by atoms with Crippen molar-refractivity contribution >= 4 is 5.78 Å². The lowest BCUT2D eigenvalue weighted by atomic mass is 10.0. The largest absolute Gasteiger partial charge is 0.344 e. The van der Waals surface area contributed by atoms with Crippen LogP contribution in [0.3, 0.4) is 0 Å². The highest BCUT2D eigenvalue weighted by molar-refractivity contribution is 5.97. The molecule has 2 saturated carbocycles. The molecule has 2 aliphatic carbocycles. The quantitative estimate of drug-likeness (QED) is 0.746. The van der Waals surface area contributed by atoms with Crippen molar-refractivity contribution in [3.8, 4) is 0 Å². The molecule has 0 spiro atoms. The first-order valence-corrected chi connectivity index (χ1v) is 10.4. The van der Waals surface area contributed by atoms with Crippen LogP contribution in [0.4, 0.5) is 0 Å². The molecule has 2 saturated heterocycles. The molecule has 0 aromatic heterocycles. The molecule has 4 aliphatic rings. The molecule has 146 valence electrons. The summed E-state index contributed by atoms with van der Waals surface area (Å²) in [6.07, 6.45) is 0.264. The van der Waals surface area contributed by atoms with E-state index < -0.39 is 0 Å². The van der Waals surface area contributed by atoms with Gasteiger partial charge in [0.25, 0.3) is 0 Å². The zero-order valence-electron chi connectivity index (χ0n) is 17.2. The van der Waals surface area contributed by atoms with Crippen molar-refractivity contribution in [1.29, 1.82) is 0 Å². The van der Waals surface area contributed by atoms with E-state index in [1.165, 1.54) is 0 Å². The molecule has 2 aliphatic heterocycles. The average Bonchev–Trinajstić information content (AvgIpc) is 3.14. The zero-order valence-corrected chi connectivity index (χ0v) is 17.2. The van der Waals surface area contributed by atoms with Crippen LogP contribution >= 0.6 is 0 Å². The van der Waals surface area contributed by atoms with E-state index >= 15 is 0 Å². The van der Waals surface area contributed by atoms with Crippen LogP contribution < -0.4 is 0 Å². The predicted molar refractivity (Wildman–Crippen MR) is 105 cm³/mol. The van der Waals surface area contributed by atoms with Crippen molar-refractivity contribution in [3.05, 3.63) is 35.9 Å². The number of likely N-dealkylation sites (tertiary alicyclic amines) is 2. The minimum Gasteiger partial charge on any atom is -0.344 e. The average molecular weight is 369 g/mol. The minimum absolute atomic E-state index is 0.0697. The van der Waals surface area contributed by atoms with Crippen molar-refractivity contribution in [1.82, 2.24) is 9.80 Å². The van der Waals surface area contributed by atoms with Gasteiger partial charge in [0.05, 0.1) is 6.54 Å². The van der Waals surface area contributed by atoms with E-state index in [-0.39, 0.29) is 18.2 Å². The number of Topliss-reactive ketones (excluding diaryl/α,β-unsaturated/α-hetero) is 1. The highest BCUT2D eigenvalue weighted by atomic mass is 16.5. The van der Waals surface area contributed by atoms with Gasteiger partial charge in [-0.3, -0.25) is 14.6 Å². The lowest BCUT2D eigenvalue weighted by Gasteiger charge is -2.36. The van der Waals surface area contributed by atoms with Gasteiger partial charge in [-0.15, -0.1) is 0 Å². The summed E-state index contributed by atoms with van der Waals surface area (Å²) in [4.78, 5) is 17.5. The maximum Gasteiger partial charge on any atom is 0.176 e. The van der Waals surface area contributed by atoms with Crippen LogP contribution in [0.15, 0.2) is 30.3 Å². The Balaban J connectivity index is 1.33. The monoisotopic (exact) mass is 368 g/mol. The normalized spacial score (nSPS) is 41.2. The Kier molecular flexibility index (Phi) is 3.73. The standard InChI is InChI=1S/C23H32N2O2/c1-22(2)15-11-24(5)20(18(15)22)27-21-19-16(23(19,3)4)12-25(21)13-17(26)14-9-7-6-8-10-14/h6-10,15-16,18-21H,11-13H2,1-5H3/t15-,16?,18?,19+,20?,21?/m1/s1. The molecular weight excluding hydrogens is 336 g/mol. The molecule has 0 amide bonds. The Labute approximate surface area is 162 Å². The molecule has 1 aromatic rings. The van der Waals surface area contributed by atoms with E-state index in [1.54, 1.807) is 0 Å². The molecular formula is C23H32N2O2. The number of carbonyl (C=O) groups is 1. The Hall–Kier alpha value is -1.23. The van der Waals surface area contributed by atoms with Crippen LogP contribution in [0, 0.1) is 34.5 Å². The van der Waals surface area contributed by atoms with Gasteiger partial charge in [-0.1, -0.05) is 58.0 Å². The first-order valence-electron chi connectivity index (χ1n) is 10.4. The minimum atomic E-state index is 0.0697. The lowest BCUT2D eigenvalue weighted by molar-refractivity contribution is -0.152. The van der Waals surface area contributed by atoms with Gasteiger partial charge in [0, 0.05) is 30.5 Å². The van der Waals surface area contributed by atoms with Crippen LogP contribution in [0.25, 0.3) is 0 Å². The van der Waals surface area contributed by atoms with Crippen molar-refractivity contribution in [2.24, 2.45) is 34.5 Å². The molecule has 4 nitrogen and oxygen atoms in total. The fraction of sp³-hybridized carbons (Fsp3) is 0.696. The summed E-state index contributed by atoms with van der Waals surface area (Å²) >= 11 is 0. The second-order valence-electron chi connectivity index (χ2n) is 10.5. The number of rotatable bonds is 5. The number of nitrogens with zero attached hydrogens (tertiary/aromatic N) is 2. The van der Waals surface area contributed by atoms with E-state index in [1.807, 2.05) is 30.3 Å². The number of ether oxygens (including phenoxy) is 1. The van der Waals surface area contributed by atoms with Gasteiger partial charge < -0.3 is 4.74 Å². The van der Waals surface area contributed by atoms with Crippen LogP contribution in [0.5, 0.6) is 0 Å². The highest BCUT2D eigenvalue weighted by Crippen LogP contribution is 2.68. The molecule has 1 aromatic carbocycles. The molecule has 0 N–H and O–H groups in total. The second-order valence-corrected chi connectivity index (χ2v) is 10.5. The number of hydrogen-bond acceptors (Lipinski definition) is 4. The van der Waals surface area contributed by atoms with Crippen molar-refractivity contribution in [2.45, 2.75) is 40.2 Å². The smallest absolute Gasteiger partial charge is 0.176 e. The molecule has 4 unspecified atom stereocenters. The van der Waals surface area contributed by atoms with Crippen LogP contribution in [-0.4, -0.2) is 54.7 Å². The van der Waals surface area contributed by atoms with Crippen molar-refractivity contribution < 1.29 is 9.53 Å². The first-order chi connectivity index (χ1) is 12.7. The molecule has 4 fully saturated rings. The molecule has 0 radical (unpaired) electrons. The number of hydrogen-bond donors (Lipinski definition) is 0. The van der Waals surface area contributed by atoms with Gasteiger partial charge in [-0.25, -0.2) is 0 Å². The summed E-state index contributed by atoms with van der Waals surface area (Å²) in [5.41, 5.74) is 1.54. The Morgan fingerprint density at radius 1 is 1.00 bits per heavy atom. The SMILES string of the molecule is CN1C[C@@H]2C(C1OC1[C@@H]3C(CN1CC(=O)c1ccccc1)C3(C)C)C2(C)C. The highest BCUT2D eigenvalue weighted by Gasteiger charge is 2.71. The third kappa shape index (κ3) is 2.56. The van der Waals surface area contributed by atoms with Crippen molar-refractivity contribution in [3.63, 3.8) is 0 Å². The molecule has 6 atom stereocenters. The zero-order chi connectivity index (χ0) is 19.1. The maximum absolute atomic E-state index is 12.8. The molecule has 5 rings (SSSR count). The molecule has 0 bridgehead atoms. The number of piperidine rings is 2. The van der Waals surface area contributed by atoms with Gasteiger partial charge in [-0.2, -0.15) is 0 Å². The van der Waals surface area contributed by atoms with Crippen molar-refractivity contribution in [2.75, 3.05) is 26.7 Å². The predicted octanol–water partition coefficient (Wildman–Crippen LogP) is 3.34. The first kappa shape index (κ1) is 17.8. The summed E-state index contributed by atoms with van der Waals surface area (Å²) in [6.45, 7) is 12.0. The summed E-state index contributed by atoms with van der Waals surface area (Å²) < 4.78 is 6.81. The van der Waals surface area contributed by atoms with Crippen LogP contribution in [-0.2, 0) is 4.74 Å². The number of benzene rings is 1. The van der Waals surface area contributed by atoms with E-state index in [9.17, 15) is 4.79 Å². The Morgan fingerprint density at radius 3 is 2.22 bits per heavy atom. The number of carbonyl (C=O) groups excluding carboxylic acids is 1. The summed E-state index contributed by atoms with van der Waals surface area (Å²) in [7, 11) is 2.19. The van der Waals surface area contributed by atoms with E-state index in [4.69, 9.17) is 4.74 Å². The molecule has 2 heterocycles. The van der Waals surface area contributed by atoms with E-state index in [0.29, 0.717) is 35.1 Å². The van der Waals surface area contributed by atoms with Gasteiger partial charge in [0.2, 0.25) is 0 Å². The summed E-state index contributed by atoms with van der Waals surface area (Å²) in [5, 5.41) is 0. The number of fused-ring (bicyclic) bond motifs is 2. The Bertz CT molecular complexity index is 759. The summed E-state index contributed by atoms with van der Waals surface area (Å²) in [5.74, 6) is 2.80. The second kappa shape index (κ2) is 5.65. The third-order valence-corrected chi connectivity index (χ3v) is 8.32. The number of ketones is 1. The maximum atomic E-state index is 12.8. The third-order valence-electron chi connectivity index (χ3n) is 8.32. The van der Waals surface area contributed by atoms with Gasteiger partial charge in [0.1, 0.15) is 12.5 Å². The lowest BCUT2D eigenvalue weighted by Crippen LogP contribution is -2.46. The van der Waals surface area contributed by atoms with E-state index in [2.05, 4.69) is 44.5 Å². The Morgan fingerprint density at radius 2 is 1.59 bits per heavy atom.